The first kappa shape index (κ1) is 20.2. The van der Waals surface area contributed by atoms with Crippen LogP contribution in [0.5, 0.6) is 0 Å². The lowest BCUT2D eigenvalue weighted by molar-refractivity contribution is -0.124. The number of piperidine rings is 1. The number of halogens is 1. The molecule has 2 aliphatic carbocycles. The third-order valence-corrected chi connectivity index (χ3v) is 7.77. The van der Waals surface area contributed by atoms with E-state index < -0.39 is 17.8 Å². The molecule has 0 spiro atoms. The number of hydrogen-bond donors (Lipinski definition) is 2. The van der Waals surface area contributed by atoms with Crippen molar-refractivity contribution in [3.8, 4) is 17.2 Å². The van der Waals surface area contributed by atoms with E-state index in [1.807, 2.05) is 0 Å². The summed E-state index contributed by atoms with van der Waals surface area (Å²) in [5, 5.41) is 17.5. The van der Waals surface area contributed by atoms with Gasteiger partial charge in [-0.3, -0.25) is 4.79 Å². The zero-order chi connectivity index (χ0) is 21.7. The Morgan fingerprint density at radius 3 is 2.81 bits per heavy atom. The van der Waals surface area contributed by atoms with Crippen molar-refractivity contribution in [3.63, 3.8) is 0 Å². The van der Waals surface area contributed by atoms with Gasteiger partial charge in [0, 0.05) is 12.5 Å². The van der Waals surface area contributed by atoms with Crippen LogP contribution < -0.4 is 10.6 Å². The highest BCUT2D eigenvalue weighted by Gasteiger charge is 2.62. The number of nitrogens with one attached hydrogen (secondary N) is 2. The molecule has 1 saturated heterocycles. The number of benzene rings is 1. The average Bonchev–Trinajstić information content (AvgIpc) is 3.13. The lowest BCUT2D eigenvalue weighted by Gasteiger charge is -2.23. The number of thiophene rings is 1. The van der Waals surface area contributed by atoms with Crippen LogP contribution in [-0.4, -0.2) is 37.1 Å². The predicted octanol–water partition coefficient (Wildman–Crippen LogP) is 2.89. The van der Waals surface area contributed by atoms with Crippen molar-refractivity contribution in [2.75, 3.05) is 7.11 Å². The van der Waals surface area contributed by atoms with Gasteiger partial charge in [0.05, 0.1) is 19.2 Å². The van der Waals surface area contributed by atoms with Crippen LogP contribution in [0.2, 0.25) is 0 Å². The van der Waals surface area contributed by atoms with Crippen LogP contribution in [0.25, 0.3) is 11.1 Å². The Hall–Kier alpha value is -2.76. The smallest absolute Gasteiger partial charge is 0.348 e. The lowest BCUT2D eigenvalue weighted by atomic mass is 9.96. The number of esters is 1. The summed E-state index contributed by atoms with van der Waals surface area (Å²) in [6.45, 7) is 0. The van der Waals surface area contributed by atoms with Crippen LogP contribution in [-0.2, 0) is 16.0 Å². The van der Waals surface area contributed by atoms with Crippen molar-refractivity contribution in [3.05, 3.63) is 45.9 Å². The zero-order valence-electron chi connectivity index (χ0n) is 16.9. The Labute approximate surface area is 183 Å². The number of rotatable bonds is 6. The maximum atomic E-state index is 14.8. The summed E-state index contributed by atoms with van der Waals surface area (Å²) in [4.78, 5) is 24.8. The molecule has 0 unspecified atom stereocenters. The molecule has 3 aliphatic rings. The molecule has 31 heavy (non-hydrogen) atoms. The topological polar surface area (TPSA) is 91.2 Å². The fourth-order valence-corrected chi connectivity index (χ4v) is 6.06. The van der Waals surface area contributed by atoms with Gasteiger partial charge in [0.1, 0.15) is 16.7 Å². The van der Waals surface area contributed by atoms with Gasteiger partial charge in [-0.05, 0) is 64.8 Å². The van der Waals surface area contributed by atoms with Crippen molar-refractivity contribution < 1.29 is 18.7 Å². The van der Waals surface area contributed by atoms with E-state index in [-0.39, 0.29) is 18.4 Å². The predicted molar refractivity (Wildman–Crippen MR) is 113 cm³/mol. The Balaban J connectivity index is 1.24. The molecular weight excluding hydrogens is 417 g/mol. The van der Waals surface area contributed by atoms with Gasteiger partial charge < -0.3 is 15.4 Å². The van der Waals surface area contributed by atoms with E-state index in [0.717, 1.165) is 17.9 Å². The van der Waals surface area contributed by atoms with Crippen molar-refractivity contribution in [2.24, 2.45) is 17.8 Å². The molecule has 1 aromatic carbocycles. The molecule has 6 atom stereocenters. The van der Waals surface area contributed by atoms with Crippen molar-refractivity contribution in [2.45, 2.75) is 37.4 Å². The van der Waals surface area contributed by atoms with E-state index >= 15 is 0 Å². The number of ether oxygens (including phenoxy) is 1. The second kappa shape index (κ2) is 7.74. The normalized spacial score (nSPS) is 28.5. The van der Waals surface area contributed by atoms with E-state index in [1.165, 1.54) is 30.9 Å². The summed E-state index contributed by atoms with van der Waals surface area (Å²) in [5.74, 6) is 0.727. The number of hydrogen-bond acceptors (Lipinski definition) is 6. The average molecular weight is 440 g/mol. The van der Waals surface area contributed by atoms with Gasteiger partial charge in [-0.15, -0.1) is 11.3 Å². The quantitative estimate of drug-likeness (QED) is 0.676. The van der Waals surface area contributed by atoms with Crippen LogP contribution in [0.15, 0.2) is 29.6 Å². The number of nitrogens with zero attached hydrogens (tertiary/aromatic N) is 1. The lowest BCUT2D eigenvalue weighted by Crippen LogP contribution is -2.51. The summed E-state index contributed by atoms with van der Waals surface area (Å²) < 4.78 is 19.5. The highest BCUT2D eigenvalue weighted by Crippen LogP contribution is 2.59. The monoisotopic (exact) mass is 439 g/mol. The third-order valence-electron chi connectivity index (χ3n) is 6.86. The fourth-order valence-electron chi connectivity index (χ4n) is 5.23. The first-order valence-electron chi connectivity index (χ1n) is 10.4. The number of methoxy groups -OCH3 is 1. The summed E-state index contributed by atoms with van der Waals surface area (Å²) >= 11 is 1.23. The fraction of sp³-hybridized carbons (Fsp3) is 0.435. The molecule has 5 rings (SSSR count). The third kappa shape index (κ3) is 3.62. The summed E-state index contributed by atoms with van der Waals surface area (Å²) in [5.41, 5.74) is 1.72. The van der Waals surface area contributed by atoms with Gasteiger partial charge >= 0.3 is 5.97 Å². The van der Waals surface area contributed by atoms with Gasteiger partial charge in [-0.25, -0.2) is 9.18 Å². The van der Waals surface area contributed by atoms with E-state index in [1.54, 1.807) is 23.6 Å². The standard InChI is InChI=1S/C23H22FN3O3S/c1-30-23(29)20-6-13(10-31-20)11-2-3-12(18(24)5-11)4-14(9-25)26-22(28)21-17-8-19(27-21)16-7-15(16)17/h2-3,5-6,10,14-17,19,21,27H,4,7-8H2,1H3,(H,26,28)/t14-,15+,16-,17+,19-,21-/m0/s1. The minimum Gasteiger partial charge on any atom is -0.465 e. The van der Waals surface area contributed by atoms with Crippen LogP contribution in [0.1, 0.15) is 28.1 Å². The number of amides is 1. The van der Waals surface area contributed by atoms with Gasteiger partial charge in [0.25, 0.3) is 0 Å². The highest BCUT2D eigenvalue weighted by atomic mass is 32.1. The van der Waals surface area contributed by atoms with E-state index in [4.69, 9.17) is 4.74 Å². The zero-order valence-corrected chi connectivity index (χ0v) is 17.7. The van der Waals surface area contributed by atoms with Gasteiger partial charge in [0.15, 0.2) is 0 Å². The molecule has 1 amide bonds. The van der Waals surface area contributed by atoms with Crippen molar-refractivity contribution in [1.82, 2.24) is 10.6 Å². The highest BCUT2D eigenvalue weighted by molar-refractivity contribution is 7.12. The maximum absolute atomic E-state index is 14.8. The van der Waals surface area contributed by atoms with E-state index in [0.29, 0.717) is 33.9 Å². The molecular formula is C23H22FN3O3S. The molecule has 2 saturated carbocycles. The molecule has 2 bridgehead atoms. The molecule has 8 heteroatoms. The van der Waals surface area contributed by atoms with Crippen LogP contribution >= 0.6 is 11.3 Å². The minimum atomic E-state index is -0.796. The van der Waals surface area contributed by atoms with E-state index in [9.17, 15) is 19.2 Å². The molecule has 2 heterocycles. The largest absolute Gasteiger partial charge is 0.465 e. The first-order chi connectivity index (χ1) is 15.0. The maximum Gasteiger partial charge on any atom is 0.348 e. The molecule has 2 aromatic rings. The molecule has 6 nitrogen and oxygen atoms in total. The van der Waals surface area contributed by atoms with Gasteiger partial charge in [-0.2, -0.15) is 5.26 Å². The Morgan fingerprint density at radius 2 is 2.13 bits per heavy atom. The number of carbonyl (C=O) groups excluding carboxylic acids is 2. The van der Waals surface area contributed by atoms with Crippen molar-refractivity contribution >= 4 is 23.2 Å². The number of carbonyl (C=O) groups is 2. The molecule has 2 N–H and O–H groups in total. The molecule has 3 fully saturated rings. The number of nitriles is 1. The summed E-state index contributed by atoms with van der Waals surface area (Å²) in [6.07, 6.45) is 2.34. The van der Waals surface area contributed by atoms with Crippen LogP contribution in [0.3, 0.4) is 0 Å². The second-order valence-electron chi connectivity index (χ2n) is 8.61. The SMILES string of the molecule is COC(=O)c1cc(-c2ccc(C[C@@H](C#N)NC(=O)[C@H]3N[C@H]4C[C@@H]3[C@@H]3C[C@@H]34)c(F)c2)cs1. The molecule has 0 radical (unpaired) electrons. The summed E-state index contributed by atoms with van der Waals surface area (Å²) in [7, 11) is 1.32. The Kier molecular flexibility index (Phi) is 5.03. The summed E-state index contributed by atoms with van der Waals surface area (Å²) in [6, 6.07) is 7.93. The molecule has 160 valence electrons. The first-order valence-corrected chi connectivity index (χ1v) is 11.3. The molecule has 1 aromatic heterocycles. The van der Waals surface area contributed by atoms with Crippen LogP contribution in [0, 0.1) is 34.9 Å². The van der Waals surface area contributed by atoms with Gasteiger partial charge in [-0.1, -0.05) is 12.1 Å². The van der Waals surface area contributed by atoms with E-state index in [2.05, 4.69) is 16.7 Å². The van der Waals surface area contributed by atoms with Gasteiger partial charge in [0.2, 0.25) is 5.91 Å². The Bertz CT molecular complexity index is 1090. The second-order valence-corrected chi connectivity index (χ2v) is 9.52. The van der Waals surface area contributed by atoms with Crippen LogP contribution in [0.4, 0.5) is 4.39 Å². The Morgan fingerprint density at radius 1 is 1.29 bits per heavy atom. The number of fused-ring (bicyclic) bond motifs is 5. The minimum absolute atomic E-state index is 0.0955. The molecule has 1 aliphatic heterocycles. The van der Waals surface area contributed by atoms with Crippen molar-refractivity contribution in [1.29, 1.82) is 5.26 Å².